The molecule has 2 fully saturated rings. The van der Waals surface area contributed by atoms with Crippen molar-refractivity contribution in [3.63, 3.8) is 0 Å². The summed E-state index contributed by atoms with van der Waals surface area (Å²) in [4.78, 5) is 30.2. The molecule has 2 aliphatic rings. The van der Waals surface area contributed by atoms with Crippen molar-refractivity contribution in [3.8, 4) is 0 Å². The number of hydrogen-bond acceptors (Lipinski definition) is 3. The van der Waals surface area contributed by atoms with E-state index < -0.39 is 0 Å². The van der Waals surface area contributed by atoms with Gasteiger partial charge in [-0.25, -0.2) is 0 Å². The first kappa shape index (κ1) is 24.0. The maximum absolute atomic E-state index is 12.1. The molecule has 2 amide bonds. The number of halogens is 1. The summed E-state index contributed by atoms with van der Waals surface area (Å²) in [6.07, 6.45) is 9.06. The second-order valence-corrected chi connectivity index (χ2v) is 7.43. The highest BCUT2D eigenvalue weighted by atomic mass is 127. The Morgan fingerprint density at radius 1 is 1.04 bits per heavy atom. The van der Waals surface area contributed by atoms with Gasteiger partial charge in [-0.05, 0) is 31.6 Å². The zero-order valence-corrected chi connectivity index (χ0v) is 19.1. The molecular formula is C19H36IN5O2. The summed E-state index contributed by atoms with van der Waals surface area (Å²) >= 11 is 0. The van der Waals surface area contributed by atoms with E-state index in [1.807, 2.05) is 0 Å². The predicted octanol–water partition coefficient (Wildman–Crippen LogP) is 1.87. The van der Waals surface area contributed by atoms with E-state index in [-0.39, 0.29) is 35.8 Å². The smallest absolute Gasteiger partial charge is 0.221 e. The first-order valence-electron chi connectivity index (χ1n) is 10.1. The van der Waals surface area contributed by atoms with Gasteiger partial charge in [-0.15, -0.1) is 24.0 Å². The van der Waals surface area contributed by atoms with Gasteiger partial charge in [-0.1, -0.05) is 19.3 Å². The van der Waals surface area contributed by atoms with Gasteiger partial charge < -0.3 is 20.9 Å². The summed E-state index contributed by atoms with van der Waals surface area (Å²) in [6.45, 7) is 2.40. The number of guanidine groups is 1. The summed E-state index contributed by atoms with van der Waals surface area (Å²) in [5.74, 6) is 1.55. The lowest BCUT2D eigenvalue weighted by molar-refractivity contribution is -0.122. The number of aliphatic imine (C=N–C) groups is 1. The van der Waals surface area contributed by atoms with Gasteiger partial charge in [0, 0.05) is 52.6 Å². The van der Waals surface area contributed by atoms with Gasteiger partial charge in [0.05, 0.1) is 0 Å². The van der Waals surface area contributed by atoms with Crippen LogP contribution in [-0.2, 0) is 9.59 Å². The van der Waals surface area contributed by atoms with E-state index in [1.54, 1.807) is 14.1 Å². The summed E-state index contributed by atoms with van der Waals surface area (Å²) in [5.41, 5.74) is 0. The Balaban J connectivity index is 0.00000364. The Morgan fingerprint density at radius 2 is 1.70 bits per heavy atom. The molecule has 156 valence electrons. The Bertz CT molecular complexity index is 486. The molecule has 3 N–H and O–H groups in total. The lowest BCUT2D eigenvalue weighted by Gasteiger charge is -2.34. The van der Waals surface area contributed by atoms with Crippen LogP contribution in [0, 0.1) is 5.92 Å². The van der Waals surface area contributed by atoms with Gasteiger partial charge in [0.15, 0.2) is 5.96 Å². The van der Waals surface area contributed by atoms with Crippen LogP contribution in [0.2, 0.25) is 0 Å². The third-order valence-electron chi connectivity index (χ3n) is 5.48. The number of hydrogen-bond donors (Lipinski definition) is 3. The number of amides is 2. The maximum atomic E-state index is 12.1. The average molecular weight is 493 g/mol. The summed E-state index contributed by atoms with van der Waals surface area (Å²) in [6, 6.07) is 0.370. The molecule has 1 aliphatic heterocycles. The highest BCUT2D eigenvalue weighted by molar-refractivity contribution is 14.0. The lowest BCUT2D eigenvalue weighted by atomic mass is 9.93. The molecule has 0 bridgehead atoms. The van der Waals surface area contributed by atoms with Crippen LogP contribution in [0.15, 0.2) is 4.99 Å². The summed E-state index contributed by atoms with van der Waals surface area (Å²) < 4.78 is 0. The molecule has 0 aromatic carbocycles. The van der Waals surface area contributed by atoms with E-state index in [9.17, 15) is 9.59 Å². The molecular weight excluding hydrogens is 457 g/mol. The number of nitrogens with zero attached hydrogens (tertiary/aromatic N) is 2. The zero-order valence-electron chi connectivity index (χ0n) is 16.8. The molecule has 27 heavy (non-hydrogen) atoms. The molecule has 1 saturated heterocycles. The molecule has 0 aromatic rings. The molecule has 8 heteroatoms. The van der Waals surface area contributed by atoms with Crippen LogP contribution in [-0.4, -0.2) is 62.4 Å². The number of nitrogens with one attached hydrogen (secondary N) is 3. The number of carbonyl (C=O) groups is 2. The normalized spacial score (nSPS) is 19.2. The van der Waals surface area contributed by atoms with Crippen LogP contribution in [0.1, 0.15) is 57.8 Å². The minimum atomic E-state index is 0. The molecule has 0 unspecified atom stereocenters. The molecule has 2 rings (SSSR count). The van der Waals surface area contributed by atoms with Crippen molar-refractivity contribution in [3.05, 3.63) is 0 Å². The number of rotatable bonds is 6. The molecule has 7 nitrogen and oxygen atoms in total. The van der Waals surface area contributed by atoms with Crippen LogP contribution in [0.25, 0.3) is 0 Å². The highest BCUT2D eigenvalue weighted by Crippen LogP contribution is 2.20. The third kappa shape index (κ3) is 8.66. The fourth-order valence-corrected chi connectivity index (χ4v) is 3.88. The van der Waals surface area contributed by atoms with E-state index >= 15 is 0 Å². The topological polar surface area (TPSA) is 85.8 Å². The number of likely N-dealkylation sites (tertiary alicyclic amines) is 1. The van der Waals surface area contributed by atoms with Crippen LogP contribution in [0.4, 0.5) is 0 Å². The van der Waals surface area contributed by atoms with Gasteiger partial charge in [-0.2, -0.15) is 0 Å². The first-order valence-corrected chi connectivity index (χ1v) is 10.1. The summed E-state index contributed by atoms with van der Waals surface area (Å²) in [5, 5.41) is 9.16. The van der Waals surface area contributed by atoms with Crippen molar-refractivity contribution < 1.29 is 9.59 Å². The highest BCUT2D eigenvalue weighted by Gasteiger charge is 2.23. The van der Waals surface area contributed by atoms with E-state index in [2.05, 4.69) is 25.8 Å². The molecule has 0 radical (unpaired) electrons. The second-order valence-electron chi connectivity index (χ2n) is 7.43. The van der Waals surface area contributed by atoms with E-state index in [0.717, 1.165) is 44.7 Å². The van der Waals surface area contributed by atoms with Crippen molar-refractivity contribution in [2.24, 2.45) is 10.9 Å². The molecule has 0 spiro atoms. The van der Waals surface area contributed by atoms with Gasteiger partial charge in [0.2, 0.25) is 11.8 Å². The minimum absolute atomic E-state index is 0. The van der Waals surface area contributed by atoms with Crippen LogP contribution < -0.4 is 16.0 Å². The van der Waals surface area contributed by atoms with Crippen molar-refractivity contribution in [2.75, 3.05) is 33.7 Å². The Hall–Kier alpha value is -1.06. The van der Waals surface area contributed by atoms with Gasteiger partial charge in [0.25, 0.3) is 0 Å². The Kier molecular flexibility index (Phi) is 11.7. The van der Waals surface area contributed by atoms with Gasteiger partial charge in [-0.3, -0.25) is 14.6 Å². The molecule has 0 atom stereocenters. The SMILES string of the molecule is CN=C(NCCC(=O)NC1CCCCC1)N1CCC(CC(=O)NC)CC1.I. The van der Waals surface area contributed by atoms with E-state index in [0.29, 0.717) is 31.3 Å². The van der Waals surface area contributed by atoms with Crippen molar-refractivity contribution in [1.82, 2.24) is 20.9 Å². The monoisotopic (exact) mass is 493 g/mol. The first-order chi connectivity index (χ1) is 12.6. The quantitative estimate of drug-likeness (QED) is 0.300. The molecule has 1 aliphatic carbocycles. The van der Waals surface area contributed by atoms with Crippen molar-refractivity contribution in [2.45, 2.75) is 63.8 Å². The maximum Gasteiger partial charge on any atom is 0.221 e. The van der Waals surface area contributed by atoms with E-state index in [4.69, 9.17) is 0 Å². The average Bonchev–Trinajstić information content (AvgIpc) is 2.67. The molecule has 1 heterocycles. The fourth-order valence-electron chi connectivity index (χ4n) is 3.88. The van der Waals surface area contributed by atoms with Gasteiger partial charge >= 0.3 is 0 Å². The molecule has 1 saturated carbocycles. The number of carbonyl (C=O) groups excluding carboxylic acids is 2. The Labute approximate surface area is 180 Å². The second kappa shape index (κ2) is 13.2. The zero-order chi connectivity index (χ0) is 18.8. The Morgan fingerprint density at radius 3 is 2.30 bits per heavy atom. The lowest BCUT2D eigenvalue weighted by Crippen LogP contribution is -2.47. The van der Waals surface area contributed by atoms with Crippen LogP contribution >= 0.6 is 24.0 Å². The third-order valence-corrected chi connectivity index (χ3v) is 5.48. The largest absolute Gasteiger partial charge is 0.359 e. The molecule has 0 aromatic heterocycles. The van der Waals surface area contributed by atoms with Crippen LogP contribution in [0.3, 0.4) is 0 Å². The minimum Gasteiger partial charge on any atom is -0.359 e. The summed E-state index contributed by atoms with van der Waals surface area (Å²) in [7, 11) is 3.47. The predicted molar refractivity (Wildman–Crippen MR) is 119 cm³/mol. The van der Waals surface area contributed by atoms with Crippen LogP contribution in [0.5, 0.6) is 0 Å². The van der Waals surface area contributed by atoms with E-state index in [1.165, 1.54) is 19.3 Å². The van der Waals surface area contributed by atoms with Crippen molar-refractivity contribution >= 4 is 41.8 Å². The standard InChI is InChI=1S/C19H35N5O2.HI/c1-20-18(26)14-15-9-12-24(13-10-15)19(21-2)22-11-8-17(25)23-16-6-4-3-5-7-16;/h15-16H,3-14H2,1-2H3,(H,20,26)(H,21,22)(H,23,25);1H. The fraction of sp³-hybridized carbons (Fsp3) is 0.842. The van der Waals surface area contributed by atoms with Crippen molar-refractivity contribution in [1.29, 1.82) is 0 Å². The number of piperidine rings is 1. The van der Waals surface area contributed by atoms with Gasteiger partial charge in [0.1, 0.15) is 0 Å².